The molecule has 0 fully saturated rings. The number of aromatic nitrogens is 2. The Labute approximate surface area is 236 Å². The number of benzene rings is 3. The normalized spacial score (nSPS) is 10.8. The van der Waals surface area contributed by atoms with Gasteiger partial charge in [0.2, 0.25) is 5.95 Å². The van der Waals surface area contributed by atoms with E-state index in [-0.39, 0.29) is 0 Å². The lowest BCUT2D eigenvalue weighted by Crippen LogP contribution is -2.27. The number of rotatable bonds is 14. The van der Waals surface area contributed by atoms with Crippen LogP contribution in [0.5, 0.6) is 23.0 Å². The quantitative estimate of drug-likeness (QED) is 0.188. The maximum Gasteiger partial charge on any atom is 0.229 e. The van der Waals surface area contributed by atoms with Gasteiger partial charge >= 0.3 is 0 Å². The number of ether oxygens (including phenoxy) is 4. The van der Waals surface area contributed by atoms with E-state index >= 15 is 0 Å². The monoisotopic (exact) mass is 543 g/mol. The van der Waals surface area contributed by atoms with Gasteiger partial charge < -0.3 is 34.5 Å². The maximum atomic E-state index is 5.91. The SMILES string of the molecule is CCN(CC)CCOc1ccc(Nc2ncc(-c3cc(OC)ccc3OC)c(Nc3ccccc3OC)n2)cc1. The molecule has 9 nitrogen and oxygen atoms in total. The molecule has 1 aromatic heterocycles. The molecule has 0 atom stereocenters. The fraction of sp³-hybridized carbons (Fsp3) is 0.290. The van der Waals surface area contributed by atoms with E-state index in [0.29, 0.717) is 35.6 Å². The molecular formula is C31H37N5O4. The van der Waals surface area contributed by atoms with Gasteiger partial charge in [-0.1, -0.05) is 26.0 Å². The molecule has 1 heterocycles. The Bertz CT molecular complexity index is 1380. The van der Waals surface area contributed by atoms with Gasteiger partial charge in [-0.25, -0.2) is 4.98 Å². The second-order valence-corrected chi connectivity index (χ2v) is 8.87. The van der Waals surface area contributed by atoms with Crippen molar-refractivity contribution in [3.8, 4) is 34.1 Å². The maximum absolute atomic E-state index is 5.91. The van der Waals surface area contributed by atoms with E-state index in [1.54, 1.807) is 27.5 Å². The van der Waals surface area contributed by atoms with Crippen molar-refractivity contribution in [1.29, 1.82) is 0 Å². The van der Waals surface area contributed by atoms with Gasteiger partial charge in [-0.2, -0.15) is 4.98 Å². The minimum absolute atomic E-state index is 0.429. The number of anilines is 4. The number of nitrogens with one attached hydrogen (secondary N) is 2. The van der Waals surface area contributed by atoms with E-state index in [0.717, 1.165) is 47.9 Å². The van der Waals surface area contributed by atoms with Crippen LogP contribution in [-0.2, 0) is 0 Å². The molecule has 40 heavy (non-hydrogen) atoms. The predicted molar refractivity (Wildman–Crippen MR) is 160 cm³/mol. The Hall–Kier alpha value is -4.50. The van der Waals surface area contributed by atoms with E-state index in [9.17, 15) is 0 Å². The highest BCUT2D eigenvalue weighted by molar-refractivity contribution is 5.84. The molecule has 0 aliphatic carbocycles. The van der Waals surface area contributed by atoms with Crippen LogP contribution in [0, 0.1) is 0 Å². The van der Waals surface area contributed by atoms with Crippen molar-refractivity contribution in [2.45, 2.75) is 13.8 Å². The molecule has 0 spiro atoms. The average molecular weight is 544 g/mol. The summed E-state index contributed by atoms with van der Waals surface area (Å²) in [6.45, 7) is 7.88. The first kappa shape index (κ1) is 28.5. The predicted octanol–water partition coefficient (Wildman–Crippen LogP) is 6.38. The van der Waals surface area contributed by atoms with Crippen molar-refractivity contribution in [2.75, 3.05) is 58.2 Å². The zero-order valence-corrected chi connectivity index (χ0v) is 23.7. The fourth-order valence-corrected chi connectivity index (χ4v) is 4.23. The summed E-state index contributed by atoms with van der Waals surface area (Å²) >= 11 is 0. The third-order valence-corrected chi connectivity index (χ3v) is 6.53. The van der Waals surface area contributed by atoms with Crippen molar-refractivity contribution in [3.05, 3.63) is 72.9 Å². The van der Waals surface area contributed by atoms with Crippen LogP contribution in [0.2, 0.25) is 0 Å². The van der Waals surface area contributed by atoms with Gasteiger partial charge in [-0.05, 0) is 67.7 Å². The molecule has 0 amide bonds. The zero-order valence-electron chi connectivity index (χ0n) is 23.7. The first-order valence-electron chi connectivity index (χ1n) is 13.3. The van der Waals surface area contributed by atoms with E-state index < -0.39 is 0 Å². The fourth-order valence-electron chi connectivity index (χ4n) is 4.23. The van der Waals surface area contributed by atoms with Crippen LogP contribution >= 0.6 is 0 Å². The zero-order chi connectivity index (χ0) is 28.3. The molecule has 0 saturated heterocycles. The molecule has 0 unspecified atom stereocenters. The van der Waals surface area contributed by atoms with Crippen LogP contribution in [0.3, 0.4) is 0 Å². The average Bonchev–Trinajstić information content (AvgIpc) is 3.00. The summed E-state index contributed by atoms with van der Waals surface area (Å²) in [6, 6.07) is 21.1. The van der Waals surface area contributed by atoms with E-state index in [1.165, 1.54) is 0 Å². The van der Waals surface area contributed by atoms with Crippen LogP contribution in [0.25, 0.3) is 11.1 Å². The molecule has 4 aromatic rings. The number of likely N-dealkylation sites (N-methyl/N-ethyl adjacent to an activating group) is 1. The number of hydrogen-bond acceptors (Lipinski definition) is 9. The van der Waals surface area contributed by atoms with Gasteiger partial charge in [0.25, 0.3) is 0 Å². The Balaban J connectivity index is 1.61. The Morgan fingerprint density at radius 2 is 1.48 bits per heavy atom. The van der Waals surface area contributed by atoms with E-state index in [1.807, 2.05) is 66.7 Å². The van der Waals surface area contributed by atoms with Gasteiger partial charge in [0.05, 0.1) is 27.0 Å². The lowest BCUT2D eigenvalue weighted by atomic mass is 10.1. The molecule has 0 saturated carbocycles. The van der Waals surface area contributed by atoms with Crippen molar-refractivity contribution in [3.63, 3.8) is 0 Å². The van der Waals surface area contributed by atoms with Crippen LogP contribution in [0.15, 0.2) is 72.9 Å². The lowest BCUT2D eigenvalue weighted by molar-refractivity contribution is 0.223. The summed E-state index contributed by atoms with van der Waals surface area (Å²) in [6.07, 6.45) is 1.76. The summed E-state index contributed by atoms with van der Waals surface area (Å²) in [7, 11) is 4.90. The smallest absolute Gasteiger partial charge is 0.229 e. The Morgan fingerprint density at radius 3 is 2.17 bits per heavy atom. The van der Waals surface area contributed by atoms with Gasteiger partial charge in [0.15, 0.2) is 0 Å². The molecule has 3 aromatic carbocycles. The number of methoxy groups -OCH3 is 3. The minimum atomic E-state index is 0.429. The van der Waals surface area contributed by atoms with Crippen molar-refractivity contribution >= 4 is 23.1 Å². The second kappa shape index (κ2) is 14.0. The van der Waals surface area contributed by atoms with Crippen LogP contribution in [-0.4, -0.2) is 62.4 Å². The first-order valence-corrected chi connectivity index (χ1v) is 13.3. The first-order chi connectivity index (χ1) is 19.6. The summed E-state index contributed by atoms with van der Waals surface area (Å²) in [5.74, 6) is 3.88. The third-order valence-electron chi connectivity index (χ3n) is 6.53. The summed E-state index contributed by atoms with van der Waals surface area (Å²) in [5, 5.41) is 6.72. The van der Waals surface area contributed by atoms with Gasteiger partial charge in [-0.3, -0.25) is 0 Å². The second-order valence-electron chi connectivity index (χ2n) is 8.87. The van der Waals surface area contributed by atoms with E-state index in [2.05, 4.69) is 34.4 Å². The lowest BCUT2D eigenvalue weighted by Gasteiger charge is -2.18. The van der Waals surface area contributed by atoms with E-state index in [4.69, 9.17) is 23.9 Å². The standard InChI is InChI=1S/C31H37N5O4/c1-6-36(7-2)18-19-40-23-14-12-22(13-15-23)33-31-32-21-26(25-20-24(37-3)16-17-28(25)38-4)30(35-31)34-27-10-8-9-11-29(27)39-5/h8-17,20-21H,6-7,18-19H2,1-5H3,(H2,32,33,34,35). The number of hydrogen-bond donors (Lipinski definition) is 2. The van der Waals surface area contributed by atoms with Gasteiger partial charge in [0.1, 0.15) is 35.4 Å². The molecule has 2 N–H and O–H groups in total. The number of para-hydroxylation sites is 2. The molecule has 0 aliphatic rings. The molecule has 9 heteroatoms. The Morgan fingerprint density at radius 1 is 0.750 bits per heavy atom. The summed E-state index contributed by atoms with van der Waals surface area (Å²) in [4.78, 5) is 11.8. The third kappa shape index (κ3) is 7.12. The largest absolute Gasteiger partial charge is 0.497 e. The molecule has 0 radical (unpaired) electrons. The highest BCUT2D eigenvalue weighted by Crippen LogP contribution is 2.39. The van der Waals surface area contributed by atoms with Crippen LogP contribution in [0.1, 0.15) is 13.8 Å². The topological polar surface area (TPSA) is 90.0 Å². The van der Waals surface area contributed by atoms with Crippen molar-refractivity contribution in [1.82, 2.24) is 14.9 Å². The minimum Gasteiger partial charge on any atom is -0.497 e. The highest BCUT2D eigenvalue weighted by atomic mass is 16.5. The molecule has 210 valence electrons. The summed E-state index contributed by atoms with van der Waals surface area (Å²) < 4.78 is 22.6. The number of nitrogens with zero attached hydrogens (tertiary/aromatic N) is 3. The van der Waals surface area contributed by atoms with Gasteiger partial charge in [-0.15, -0.1) is 0 Å². The highest BCUT2D eigenvalue weighted by Gasteiger charge is 2.17. The van der Waals surface area contributed by atoms with Crippen LogP contribution < -0.4 is 29.6 Å². The molecular weight excluding hydrogens is 506 g/mol. The molecule has 0 bridgehead atoms. The Kier molecular flexibility index (Phi) is 10.0. The molecule has 0 aliphatic heterocycles. The molecule has 4 rings (SSSR count). The summed E-state index contributed by atoms with van der Waals surface area (Å²) in [5.41, 5.74) is 3.14. The van der Waals surface area contributed by atoms with Gasteiger partial charge in [0, 0.05) is 29.6 Å². The van der Waals surface area contributed by atoms with Crippen molar-refractivity contribution in [2.24, 2.45) is 0 Å². The van der Waals surface area contributed by atoms with Crippen molar-refractivity contribution < 1.29 is 18.9 Å². The van der Waals surface area contributed by atoms with Crippen LogP contribution in [0.4, 0.5) is 23.1 Å².